The van der Waals surface area contributed by atoms with Crippen LogP contribution in [0.25, 0.3) is 0 Å². The van der Waals surface area contributed by atoms with Gasteiger partial charge < -0.3 is 10.5 Å². The van der Waals surface area contributed by atoms with E-state index in [4.69, 9.17) is 10.5 Å². The molecule has 1 atom stereocenters. The molecule has 1 aliphatic heterocycles. The largest absolute Gasteiger partial charge is 0.378 e. The lowest BCUT2D eigenvalue weighted by atomic mass is 9.90. The minimum absolute atomic E-state index is 0.389. The molecule has 1 saturated heterocycles. The highest BCUT2D eigenvalue weighted by Gasteiger charge is 2.30. The number of rotatable bonds is 2. The van der Waals surface area contributed by atoms with Gasteiger partial charge in [-0.3, -0.25) is 0 Å². The van der Waals surface area contributed by atoms with Crippen LogP contribution >= 0.6 is 0 Å². The quantitative estimate of drug-likeness (QED) is 0.629. The molecule has 0 amide bonds. The number of nitrogens with two attached hydrogens (primary N) is 1. The van der Waals surface area contributed by atoms with Crippen molar-refractivity contribution in [1.29, 1.82) is 0 Å². The molecule has 0 aromatic heterocycles. The molecule has 2 heteroatoms. The summed E-state index contributed by atoms with van der Waals surface area (Å²) in [6, 6.07) is 0. The predicted octanol–water partition coefficient (Wildman–Crippen LogP) is 1.15. The van der Waals surface area contributed by atoms with Crippen LogP contribution in [-0.4, -0.2) is 19.3 Å². The van der Waals surface area contributed by atoms with Gasteiger partial charge in [-0.25, -0.2) is 0 Å². The summed E-state index contributed by atoms with van der Waals surface area (Å²) in [6.07, 6.45) is 2.62. The van der Waals surface area contributed by atoms with Crippen molar-refractivity contribution >= 4 is 0 Å². The van der Waals surface area contributed by atoms with E-state index in [9.17, 15) is 0 Å². The van der Waals surface area contributed by atoms with Gasteiger partial charge in [0.15, 0.2) is 0 Å². The first kappa shape index (κ1) is 8.02. The molecule has 2 nitrogen and oxygen atoms in total. The Morgan fingerprint density at radius 1 is 1.60 bits per heavy atom. The van der Waals surface area contributed by atoms with Gasteiger partial charge in [0.2, 0.25) is 0 Å². The summed E-state index contributed by atoms with van der Waals surface area (Å²) in [6.45, 7) is 6.13. The fourth-order valence-corrected chi connectivity index (χ4v) is 1.45. The van der Waals surface area contributed by atoms with E-state index in [-0.39, 0.29) is 0 Å². The van der Waals surface area contributed by atoms with Crippen LogP contribution in [0, 0.1) is 5.41 Å². The Morgan fingerprint density at radius 2 is 2.30 bits per heavy atom. The molecule has 0 aliphatic carbocycles. The zero-order valence-corrected chi connectivity index (χ0v) is 6.89. The van der Waals surface area contributed by atoms with Crippen molar-refractivity contribution in [3.05, 3.63) is 0 Å². The van der Waals surface area contributed by atoms with E-state index in [2.05, 4.69) is 13.8 Å². The first-order valence-electron chi connectivity index (χ1n) is 3.96. The summed E-state index contributed by atoms with van der Waals surface area (Å²) in [4.78, 5) is 0. The van der Waals surface area contributed by atoms with E-state index in [0.717, 1.165) is 19.6 Å². The Balaban J connectivity index is 2.29. The van der Waals surface area contributed by atoms with Crippen molar-refractivity contribution in [2.45, 2.75) is 32.8 Å². The average Bonchev–Trinajstić information content (AvgIpc) is 2.12. The van der Waals surface area contributed by atoms with Crippen molar-refractivity contribution < 1.29 is 4.74 Å². The van der Waals surface area contributed by atoms with Crippen LogP contribution in [0.4, 0.5) is 0 Å². The molecule has 0 aromatic carbocycles. The second-order valence-electron chi connectivity index (χ2n) is 3.88. The summed E-state index contributed by atoms with van der Waals surface area (Å²) >= 11 is 0. The fourth-order valence-electron chi connectivity index (χ4n) is 1.45. The van der Waals surface area contributed by atoms with Crippen molar-refractivity contribution in [3.8, 4) is 0 Å². The molecule has 0 aromatic rings. The lowest BCUT2D eigenvalue weighted by Gasteiger charge is -2.13. The van der Waals surface area contributed by atoms with Gasteiger partial charge >= 0.3 is 0 Å². The molecule has 0 spiro atoms. The highest BCUT2D eigenvalue weighted by molar-refractivity contribution is 4.80. The van der Waals surface area contributed by atoms with Gasteiger partial charge in [0.25, 0.3) is 0 Å². The lowest BCUT2D eigenvalue weighted by molar-refractivity contribution is 0.0955. The molecule has 0 radical (unpaired) electrons. The van der Waals surface area contributed by atoms with E-state index in [0.29, 0.717) is 11.5 Å². The maximum absolute atomic E-state index is 5.53. The first-order chi connectivity index (χ1) is 4.64. The fraction of sp³-hybridized carbons (Fsp3) is 1.00. The zero-order valence-electron chi connectivity index (χ0n) is 6.89. The Kier molecular flexibility index (Phi) is 2.32. The highest BCUT2D eigenvalue weighted by Crippen LogP contribution is 2.32. The number of hydrogen-bond acceptors (Lipinski definition) is 2. The smallest absolute Gasteiger partial charge is 0.0593 e. The van der Waals surface area contributed by atoms with Gasteiger partial charge in [-0.2, -0.15) is 0 Å². The van der Waals surface area contributed by atoms with Gasteiger partial charge in [-0.15, -0.1) is 0 Å². The van der Waals surface area contributed by atoms with Crippen LogP contribution in [-0.2, 0) is 4.74 Å². The minimum atomic E-state index is 0.389. The van der Waals surface area contributed by atoms with E-state index in [1.165, 1.54) is 6.42 Å². The van der Waals surface area contributed by atoms with Crippen LogP contribution in [0.15, 0.2) is 0 Å². The Hall–Kier alpha value is -0.0800. The molecular weight excluding hydrogens is 126 g/mol. The van der Waals surface area contributed by atoms with Crippen LogP contribution in [0.1, 0.15) is 26.7 Å². The topological polar surface area (TPSA) is 35.2 Å². The molecule has 60 valence electrons. The van der Waals surface area contributed by atoms with Crippen molar-refractivity contribution in [2.24, 2.45) is 11.1 Å². The third kappa shape index (κ3) is 1.96. The standard InChI is InChI=1S/C8H17NO/c1-8(2)5-7(3-4-9)10-6-8/h7H,3-6,9H2,1-2H3. The second kappa shape index (κ2) is 2.89. The lowest BCUT2D eigenvalue weighted by Crippen LogP contribution is -2.13. The normalized spacial score (nSPS) is 30.9. The molecular formula is C8H17NO. The summed E-state index contributed by atoms with van der Waals surface area (Å²) in [5.41, 5.74) is 5.81. The Labute approximate surface area is 62.7 Å². The van der Waals surface area contributed by atoms with Crippen molar-refractivity contribution in [1.82, 2.24) is 0 Å². The molecule has 1 aliphatic rings. The third-order valence-corrected chi connectivity index (χ3v) is 1.98. The van der Waals surface area contributed by atoms with Gasteiger partial charge in [0.05, 0.1) is 12.7 Å². The van der Waals surface area contributed by atoms with Gasteiger partial charge in [-0.05, 0) is 24.8 Å². The van der Waals surface area contributed by atoms with Crippen LogP contribution in [0.3, 0.4) is 0 Å². The molecule has 10 heavy (non-hydrogen) atoms. The molecule has 1 heterocycles. The van der Waals surface area contributed by atoms with Gasteiger partial charge in [0, 0.05) is 0 Å². The second-order valence-corrected chi connectivity index (χ2v) is 3.88. The maximum atomic E-state index is 5.53. The van der Waals surface area contributed by atoms with E-state index < -0.39 is 0 Å². The van der Waals surface area contributed by atoms with Crippen molar-refractivity contribution in [3.63, 3.8) is 0 Å². The minimum Gasteiger partial charge on any atom is -0.378 e. The summed E-state index contributed by atoms with van der Waals surface area (Å²) in [5, 5.41) is 0. The van der Waals surface area contributed by atoms with Gasteiger partial charge in [0.1, 0.15) is 0 Å². The monoisotopic (exact) mass is 143 g/mol. The van der Waals surface area contributed by atoms with E-state index in [1.54, 1.807) is 0 Å². The number of hydrogen-bond donors (Lipinski definition) is 1. The SMILES string of the molecule is CC1(C)COC(CCN)C1. The van der Waals surface area contributed by atoms with Crippen LogP contribution in [0.2, 0.25) is 0 Å². The third-order valence-electron chi connectivity index (χ3n) is 1.98. The zero-order chi connectivity index (χ0) is 7.61. The number of ether oxygens (including phenoxy) is 1. The predicted molar refractivity (Wildman–Crippen MR) is 41.8 cm³/mol. The summed E-state index contributed by atoms with van der Waals surface area (Å²) in [7, 11) is 0. The molecule has 1 unspecified atom stereocenters. The molecule has 0 saturated carbocycles. The maximum Gasteiger partial charge on any atom is 0.0593 e. The van der Waals surface area contributed by atoms with E-state index >= 15 is 0 Å². The average molecular weight is 143 g/mol. The van der Waals surface area contributed by atoms with Crippen molar-refractivity contribution in [2.75, 3.05) is 13.2 Å². The Morgan fingerprint density at radius 3 is 2.70 bits per heavy atom. The highest BCUT2D eigenvalue weighted by atomic mass is 16.5. The summed E-state index contributed by atoms with van der Waals surface area (Å²) in [5.74, 6) is 0. The molecule has 2 N–H and O–H groups in total. The van der Waals surface area contributed by atoms with Crippen LogP contribution in [0.5, 0.6) is 0 Å². The Bertz CT molecular complexity index is 112. The first-order valence-corrected chi connectivity index (χ1v) is 3.96. The van der Waals surface area contributed by atoms with Crippen LogP contribution < -0.4 is 5.73 Å². The molecule has 1 fully saturated rings. The summed E-state index contributed by atoms with van der Waals surface area (Å²) < 4.78 is 5.53. The molecule has 0 bridgehead atoms. The van der Waals surface area contributed by atoms with Gasteiger partial charge in [-0.1, -0.05) is 13.8 Å². The van der Waals surface area contributed by atoms with E-state index in [1.807, 2.05) is 0 Å². The molecule has 1 rings (SSSR count).